The highest BCUT2D eigenvalue weighted by Crippen LogP contribution is 2.36. The first-order valence-corrected chi connectivity index (χ1v) is 11.9. The molecule has 0 aliphatic heterocycles. The number of aryl methyl sites for hydroxylation is 2. The van der Waals surface area contributed by atoms with Crippen molar-refractivity contribution in [2.75, 3.05) is 0 Å². The number of aliphatic imine (C=N–C) groups is 1. The van der Waals surface area contributed by atoms with E-state index in [9.17, 15) is 35.9 Å². The monoisotopic (exact) mass is 575 g/mol. The van der Waals surface area contributed by atoms with Gasteiger partial charge in [0.05, 0.1) is 11.1 Å². The Labute approximate surface area is 227 Å². The summed E-state index contributed by atoms with van der Waals surface area (Å²) in [6.45, 7) is 6.72. The molecule has 0 heterocycles. The molecular formula is C27H28ClF6N3O2. The highest BCUT2D eigenvalue weighted by atomic mass is 35.5. The number of rotatable bonds is 6. The van der Waals surface area contributed by atoms with Gasteiger partial charge in [0.1, 0.15) is 0 Å². The zero-order valence-electron chi connectivity index (χ0n) is 21.6. The van der Waals surface area contributed by atoms with Crippen molar-refractivity contribution in [3.05, 3.63) is 80.9 Å². The molecule has 1 amide bonds. The van der Waals surface area contributed by atoms with Crippen molar-refractivity contribution in [3.8, 4) is 0 Å². The number of benzene rings is 2. The predicted molar refractivity (Wildman–Crippen MR) is 141 cm³/mol. The molecule has 5 nitrogen and oxygen atoms in total. The maximum absolute atomic E-state index is 13.1. The first-order valence-electron chi connectivity index (χ1n) is 11.5. The molecule has 0 atom stereocenters. The van der Waals surface area contributed by atoms with E-state index in [1.54, 1.807) is 19.1 Å². The van der Waals surface area contributed by atoms with Crippen LogP contribution in [-0.2, 0) is 12.4 Å². The second-order valence-electron chi connectivity index (χ2n) is 8.24. The lowest BCUT2D eigenvalue weighted by molar-refractivity contribution is -0.138. The van der Waals surface area contributed by atoms with Gasteiger partial charge in [-0.15, -0.1) is 0 Å². The summed E-state index contributed by atoms with van der Waals surface area (Å²) < 4.78 is 77.8. The van der Waals surface area contributed by atoms with E-state index in [0.29, 0.717) is 24.0 Å². The molecule has 2 aromatic carbocycles. The van der Waals surface area contributed by atoms with Gasteiger partial charge < -0.3 is 11.5 Å². The van der Waals surface area contributed by atoms with Crippen molar-refractivity contribution < 1.29 is 35.9 Å². The first kappa shape index (κ1) is 33.4. The molecule has 0 aliphatic rings. The molecule has 2 aromatic rings. The summed E-state index contributed by atoms with van der Waals surface area (Å²) in [7, 11) is 0. The van der Waals surface area contributed by atoms with Crippen LogP contribution in [0.3, 0.4) is 0 Å². The van der Waals surface area contributed by atoms with Gasteiger partial charge in [-0.2, -0.15) is 31.3 Å². The molecule has 0 saturated carbocycles. The molecule has 0 fully saturated rings. The third kappa shape index (κ3) is 9.90. The normalized spacial score (nSPS) is 11.9. The largest absolute Gasteiger partial charge is 0.417 e. The van der Waals surface area contributed by atoms with Crippen LogP contribution in [0, 0.1) is 13.8 Å². The van der Waals surface area contributed by atoms with E-state index in [-0.39, 0.29) is 22.3 Å². The van der Waals surface area contributed by atoms with Crippen LogP contribution in [0.1, 0.15) is 80.8 Å². The SMILES string of the molecule is CCC=Cc1cc(C)c(C(=O)Cl)cc1C(F)(F)F.CCC=Cc1cc(C)c(C(=O)N=C(N)N)cc1C(F)(F)F. The van der Waals surface area contributed by atoms with E-state index in [1.165, 1.54) is 31.2 Å². The zero-order valence-corrected chi connectivity index (χ0v) is 22.4. The number of halogens is 7. The highest BCUT2D eigenvalue weighted by Gasteiger charge is 2.35. The number of allylic oxidation sites excluding steroid dienone is 2. The third-order valence-electron chi connectivity index (χ3n) is 5.14. The number of nitrogens with zero attached hydrogens (tertiary/aromatic N) is 1. The minimum atomic E-state index is -4.58. The van der Waals surface area contributed by atoms with Gasteiger partial charge in [-0.25, -0.2) is 0 Å². The second-order valence-corrected chi connectivity index (χ2v) is 8.58. The summed E-state index contributed by atoms with van der Waals surface area (Å²) in [6.07, 6.45) is -1.83. The predicted octanol–water partition coefficient (Wildman–Crippen LogP) is 7.67. The van der Waals surface area contributed by atoms with Crippen LogP contribution in [0.25, 0.3) is 12.2 Å². The van der Waals surface area contributed by atoms with Crippen molar-refractivity contribution in [2.24, 2.45) is 16.5 Å². The molecule has 0 saturated heterocycles. The number of alkyl halides is 6. The lowest BCUT2D eigenvalue weighted by atomic mass is 9.97. The average Bonchev–Trinajstić information content (AvgIpc) is 2.79. The quantitative estimate of drug-likeness (QED) is 0.160. The number of hydrogen-bond acceptors (Lipinski definition) is 2. The van der Waals surface area contributed by atoms with Crippen LogP contribution in [0.2, 0.25) is 0 Å². The van der Waals surface area contributed by atoms with E-state index in [0.717, 1.165) is 12.1 Å². The number of guanidine groups is 1. The average molecular weight is 576 g/mol. The topological polar surface area (TPSA) is 98.5 Å². The summed E-state index contributed by atoms with van der Waals surface area (Å²) in [5.74, 6) is -1.40. The van der Waals surface area contributed by atoms with Gasteiger partial charge in [0.2, 0.25) is 0 Å². The van der Waals surface area contributed by atoms with Crippen LogP contribution in [0.5, 0.6) is 0 Å². The molecule has 0 aromatic heterocycles. The van der Waals surface area contributed by atoms with Crippen molar-refractivity contribution >= 4 is 40.9 Å². The fourth-order valence-electron chi connectivity index (χ4n) is 3.34. The highest BCUT2D eigenvalue weighted by molar-refractivity contribution is 6.67. The van der Waals surface area contributed by atoms with Crippen LogP contribution in [0.15, 0.2) is 41.4 Å². The van der Waals surface area contributed by atoms with E-state index in [1.807, 2.05) is 13.8 Å². The second kappa shape index (κ2) is 14.0. The standard InChI is InChI=1S/C14H16F3N3O.C13H12ClF3O/c1-3-4-5-9-6-8(2)10(12(21)20-13(18)19)7-11(9)14(15,16)17;1-3-4-5-9-6-8(2)10(12(14)18)7-11(9)13(15,16)17/h4-7H,3H2,1-2H3,(H4,18,19,20,21);4-7H,3H2,1-2H3. The van der Waals surface area contributed by atoms with Crippen molar-refractivity contribution in [1.29, 1.82) is 0 Å². The first-order chi connectivity index (χ1) is 17.9. The molecule has 0 radical (unpaired) electrons. The molecule has 0 unspecified atom stereocenters. The number of carbonyl (C=O) groups is 2. The Morgan fingerprint density at radius 3 is 1.51 bits per heavy atom. The Hall–Kier alpha value is -3.60. The Morgan fingerprint density at radius 2 is 1.18 bits per heavy atom. The Balaban J connectivity index is 0.000000395. The number of hydrogen-bond donors (Lipinski definition) is 2. The molecule has 212 valence electrons. The molecule has 2 rings (SSSR count). The summed E-state index contributed by atoms with van der Waals surface area (Å²) >= 11 is 5.26. The van der Waals surface area contributed by atoms with Gasteiger partial charge in [0, 0.05) is 11.1 Å². The van der Waals surface area contributed by atoms with Crippen molar-refractivity contribution in [3.63, 3.8) is 0 Å². The van der Waals surface area contributed by atoms with Gasteiger partial charge in [-0.05, 0) is 72.7 Å². The minimum absolute atomic E-state index is 0.00287. The fourth-order valence-corrected chi connectivity index (χ4v) is 3.54. The lowest BCUT2D eigenvalue weighted by Crippen LogP contribution is -2.24. The van der Waals surface area contributed by atoms with E-state index >= 15 is 0 Å². The molecule has 39 heavy (non-hydrogen) atoms. The molecule has 4 N–H and O–H groups in total. The lowest BCUT2D eigenvalue weighted by Gasteiger charge is -2.13. The van der Waals surface area contributed by atoms with E-state index in [2.05, 4.69) is 4.99 Å². The van der Waals surface area contributed by atoms with Gasteiger partial charge in [-0.1, -0.05) is 50.3 Å². The maximum atomic E-state index is 13.1. The molecule has 12 heteroatoms. The summed E-state index contributed by atoms with van der Waals surface area (Å²) in [4.78, 5) is 26.1. The van der Waals surface area contributed by atoms with Crippen molar-refractivity contribution in [1.82, 2.24) is 0 Å². The minimum Gasteiger partial charge on any atom is -0.370 e. The Bertz CT molecular complexity index is 1290. The molecule has 0 bridgehead atoms. The number of amides is 1. The molecule has 0 aliphatic carbocycles. The van der Waals surface area contributed by atoms with E-state index in [4.69, 9.17) is 23.1 Å². The fraction of sp³-hybridized carbons (Fsp3) is 0.296. The van der Waals surface area contributed by atoms with Gasteiger partial charge in [-0.3, -0.25) is 9.59 Å². The van der Waals surface area contributed by atoms with Crippen molar-refractivity contribution in [2.45, 2.75) is 52.9 Å². The van der Waals surface area contributed by atoms with Gasteiger partial charge >= 0.3 is 12.4 Å². The summed E-state index contributed by atoms with van der Waals surface area (Å²) in [6, 6.07) is 4.20. The maximum Gasteiger partial charge on any atom is 0.417 e. The molecular weight excluding hydrogens is 548 g/mol. The number of carbonyl (C=O) groups excluding carboxylic acids is 2. The summed E-state index contributed by atoms with van der Waals surface area (Å²) in [5.41, 5.74) is 8.96. The Kier molecular flexibility index (Phi) is 12.0. The Morgan fingerprint density at radius 1 is 0.795 bits per heavy atom. The summed E-state index contributed by atoms with van der Waals surface area (Å²) in [5, 5.41) is -0.885. The van der Waals surface area contributed by atoms with Crippen LogP contribution < -0.4 is 11.5 Å². The zero-order chi connectivity index (χ0) is 30.1. The van der Waals surface area contributed by atoms with Gasteiger partial charge in [0.25, 0.3) is 11.1 Å². The molecule has 0 spiro atoms. The third-order valence-corrected chi connectivity index (χ3v) is 5.35. The van der Waals surface area contributed by atoms with Crippen LogP contribution in [0.4, 0.5) is 26.3 Å². The smallest absolute Gasteiger partial charge is 0.370 e. The number of nitrogens with two attached hydrogens (primary N) is 2. The van der Waals surface area contributed by atoms with Gasteiger partial charge in [0.15, 0.2) is 5.96 Å². The van der Waals surface area contributed by atoms with E-state index < -0.39 is 40.6 Å². The van der Waals surface area contributed by atoms with Crippen LogP contribution in [-0.4, -0.2) is 17.1 Å². The van der Waals surface area contributed by atoms with Crippen LogP contribution >= 0.6 is 11.6 Å².